The number of nitrogens with one attached hydrogen (secondary N) is 3. The van der Waals surface area contributed by atoms with Crippen molar-refractivity contribution in [1.82, 2.24) is 10.6 Å². The molecule has 0 bridgehead atoms. The van der Waals surface area contributed by atoms with Gasteiger partial charge in [0.25, 0.3) is 0 Å². The SMILES string of the molecule is NCCCNCCCNC(=O)Cc1ccccc1Nc1c(Cl)cccc1Cl. The Labute approximate surface area is 170 Å². The Kier molecular flexibility index (Phi) is 9.42. The highest BCUT2D eigenvalue weighted by Gasteiger charge is 2.11. The fraction of sp³-hybridized carbons (Fsp3) is 0.350. The van der Waals surface area contributed by atoms with Crippen LogP contribution in [0.4, 0.5) is 11.4 Å². The number of rotatable bonds is 11. The summed E-state index contributed by atoms with van der Waals surface area (Å²) >= 11 is 12.5. The van der Waals surface area contributed by atoms with Crippen LogP contribution in [0.25, 0.3) is 0 Å². The summed E-state index contributed by atoms with van der Waals surface area (Å²) in [6, 6.07) is 13.0. The van der Waals surface area contributed by atoms with Crippen LogP contribution in [0.1, 0.15) is 18.4 Å². The van der Waals surface area contributed by atoms with E-state index in [9.17, 15) is 4.79 Å². The van der Waals surface area contributed by atoms with E-state index in [0.29, 0.717) is 28.8 Å². The number of carbonyl (C=O) groups excluding carboxylic acids is 1. The molecule has 0 fully saturated rings. The molecule has 2 rings (SSSR count). The Morgan fingerprint density at radius 2 is 1.63 bits per heavy atom. The van der Waals surface area contributed by atoms with Crippen molar-refractivity contribution in [1.29, 1.82) is 0 Å². The van der Waals surface area contributed by atoms with Crippen LogP contribution in [0.5, 0.6) is 0 Å². The predicted molar refractivity (Wildman–Crippen MR) is 114 cm³/mol. The number of carbonyl (C=O) groups is 1. The maximum absolute atomic E-state index is 12.3. The molecule has 2 aromatic carbocycles. The first-order chi connectivity index (χ1) is 13.1. The molecule has 146 valence electrons. The quantitative estimate of drug-likeness (QED) is 0.427. The normalized spacial score (nSPS) is 10.6. The summed E-state index contributed by atoms with van der Waals surface area (Å²) in [5.74, 6) is -0.0172. The first-order valence-corrected chi connectivity index (χ1v) is 9.84. The highest BCUT2D eigenvalue weighted by atomic mass is 35.5. The highest BCUT2D eigenvalue weighted by Crippen LogP contribution is 2.33. The summed E-state index contributed by atoms with van der Waals surface area (Å²) < 4.78 is 0. The Balaban J connectivity index is 1.87. The van der Waals surface area contributed by atoms with Crippen molar-refractivity contribution in [3.63, 3.8) is 0 Å². The third kappa shape index (κ3) is 7.39. The van der Waals surface area contributed by atoms with Crippen LogP contribution < -0.4 is 21.7 Å². The molecule has 0 heterocycles. The lowest BCUT2D eigenvalue weighted by Crippen LogP contribution is -2.29. The van der Waals surface area contributed by atoms with Crippen LogP contribution >= 0.6 is 23.2 Å². The standard InChI is InChI=1S/C20H26Cl2N4O/c21-16-7-3-8-17(22)20(16)26-18-9-2-1-6-15(18)14-19(27)25-13-5-12-24-11-4-10-23/h1-3,6-9,24,26H,4-5,10-14,23H2,(H,25,27). The Bertz CT molecular complexity index is 719. The summed E-state index contributed by atoms with van der Waals surface area (Å²) in [6.07, 6.45) is 2.13. The Hall–Kier alpha value is -1.79. The van der Waals surface area contributed by atoms with E-state index >= 15 is 0 Å². The molecule has 5 nitrogen and oxygen atoms in total. The Morgan fingerprint density at radius 1 is 0.926 bits per heavy atom. The number of hydrogen-bond acceptors (Lipinski definition) is 4. The number of anilines is 2. The lowest BCUT2D eigenvalue weighted by atomic mass is 10.1. The largest absolute Gasteiger partial charge is 0.356 e. The number of amides is 1. The molecule has 0 spiro atoms. The number of halogens is 2. The molecule has 0 atom stereocenters. The minimum atomic E-state index is -0.0172. The maximum Gasteiger partial charge on any atom is 0.224 e. The molecule has 0 aliphatic rings. The molecular formula is C20H26Cl2N4O. The molecule has 1 amide bonds. The Morgan fingerprint density at radius 3 is 2.37 bits per heavy atom. The van der Waals surface area contributed by atoms with Gasteiger partial charge in [0.2, 0.25) is 5.91 Å². The monoisotopic (exact) mass is 408 g/mol. The molecule has 27 heavy (non-hydrogen) atoms. The van der Waals surface area contributed by atoms with Crippen molar-refractivity contribution < 1.29 is 4.79 Å². The summed E-state index contributed by atoms with van der Waals surface area (Å²) in [4.78, 5) is 12.3. The van der Waals surface area contributed by atoms with Gasteiger partial charge in [-0.25, -0.2) is 0 Å². The lowest BCUT2D eigenvalue weighted by Gasteiger charge is -2.14. The molecule has 0 aliphatic heterocycles. The second-order valence-electron chi connectivity index (χ2n) is 6.15. The molecule has 0 unspecified atom stereocenters. The van der Waals surface area contributed by atoms with E-state index in [0.717, 1.165) is 37.2 Å². The van der Waals surface area contributed by atoms with Gasteiger partial charge in [-0.3, -0.25) is 4.79 Å². The second kappa shape index (κ2) is 11.8. The first kappa shape index (κ1) is 21.5. The van der Waals surface area contributed by atoms with E-state index in [1.807, 2.05) is 24.3 Å². The van der Waals surface area contributed by atoms with Crippen LogP contribution in [0.3, 0.4) is 0 Å². The molecule has 0 radical (unpaired) electrons. The molecule has 5 N–H and O–H groups in total. The van der Waals surface area contributed by atoms with Crippen LogP contribution in [0.2, 0.25) is 10.0 Å². The van der Waals surface area contributed by atoms with Crippen LogP contribution in [0.15, 0.2) is 42.5 Å². The van der Waals surface area contributed by atoms with Crippen LogP contribution in [-0.4, -0.2) is 32.1 Å². The third-order valence-corrected chi connectivity index (χ3v) is 4.63. The minimum absolute atomic E-state index is 0.0172. The van der Waals surface area contributed by atoms with Gasteiger partial charge in [-0.2, -0.15) is 0 Å². The average molecular weight is 409 g/mol. The van der Waals surface area contributed by atoms with Crippen molar-refractivity contribution in [2.75, 3.05) is 31.5 Å². The zero-order valence-corrected chi connectivity index (χ0v) is 16.7. The second-order valence-corrected chi connectivity index (χ2v) is 6.97. The minimum Gasteiger partial charge on any atom is -0.356 e. The van der Waals surface area contributed by atoms with Crippen molar-refractivity contribution >= 4 is 40.5 Å². The number of benzene rings is 2. The van der Waals surface area contributed by atoms with Gasteiger partial charge < -0.3 is 21.7 Å². The van der Waals surface area contributed by atoms with Crippen molar-refractivity contribution in [2.24, 2.45) is 5.73 Å². The van der Waals surface area contributed by atoms with Gasteiger partial charge in [-0.05, 0) is 56.2 Å². The fourth-order valence-corrected chi connectivity index (χ4v) is 3.07. The summed E-state index contributed by atoms with van der Waals surface area (Å²) in [7, 11) is 0. The number of hydrogen-bond donors (Lipinski definition) is 4. The maximum atomic E-state index is 12.3. The zero-order valence-electron chi connectivity index (χ0n) is 15.2. The average Bonchev–Trinajstić information content (AvgIpc) is 2.65. The van der Waals surface area contributed by atoms with Crippen molar-refractivity contribution in [2.45, 2.75) is 19.3 Å². The topological polar surface area (TPSA) is 79.2 Å². The molecule has 0 saturated carbocycles. The van der Waals surface area contributed by atoms with Gasteiger partial charge in [-0.1, -0.05) is 47.5 Å². The molecule has 0 saturated heterocycles. The molecular weight excluding hydrogens is 383 g/mol. The van der Waals surface area contributed by atoms with Gasteiger partial charge in [0.15, 0.2) is 0 Å². The molecule has 7 heteroatoms. The third-order valence-electron chi connectivity index (χ3n) is 4.00. The van der Waals surface area contributed by atoms with Gasteiger partial charge in [-0.15, -0.1) is 0 Å². The molecule has 2 aromatic rings. The first-order valence-electron chi connectivity index (χ1n) is 9.08. The molecule has 0 aromatic heterocycles. The van der Waals surface area contributed by atoms with Gasteiger partial charge in [0.05, 0.1) is 22.2 Å². The summed E-state index contributed by atoms with van der Waals surface area (Å²) in [5.41, 5.74) is 7.77. The van der Waals surface area contributed by atoms with E-state index in [1.165, 1.54) is 0 Å². The lowest BCUT2D eigenvalue weighted by molar-refractivity contribution is -0.120. The van der Waals surface area contributed by atoms with Crippen molar-refractivity contribution in [3.05, 3.63) is 58.1 Å². The number of nitrogens with two attached hydrogens (primary N) is 1. The zero-order chi connectivity index (χ0) is 19.5. The van der Waals surface area contributed by atoms with Gasteiger partial charge in [0, 0.05) is 12.2 Å². The van der Waals surface area contributed by atoms with Crippen LogP contribution in [0, 0.1) is 0 Å². The smallest absolute Gasteiger partial charge is 0.224 e. The van der Waals surface area contributed by atoms with E-state index in [1.54, 1.807) is 18.2 Å². The van der Waals surface area contributed by atoms with E-state index < -0.39 is 0 Å². The highest BCUT2D eigenvalue weighted by molar-refractivity contribution is 6.39. The van der Waals surface area contributed by atoms with Gasteiger partial charge in [0.1, 0.15) is 0 Å². The molecule has 0 aliphatic carbocycles. The summed E-state index contributed by atoms with van der Waals surface area (Å²) in [6.45, 7) is 3.11. The van der Waals surface area contributed by atoms with Crippen LogP contribution in [-0.2, 0) is 11.2 Å². The van der Waals surface area contributed by atoms with Gasteiger partial charge >= 0.3 is 0 Å². The predicted octanol–water partition coefficient (Wildman–Crippen LogP) is 3.72. The fourth-order valence-electron chi connectivity index (χ4n) is 2.58. The number of para-hydroxylation sites is 2. The van der Waals surface area contributed by atoms with E-state index in [-0.39, 0.29) is 12.3 Å². The van der Waals surface area contributed by atoms with Crippen molar-refractivity contribution in [3.8, 4) is 0 Å². The summed E-state index contributed by atoms with van der Waals surface area (Å²) in [5, 5.41) is 10.6. The van der Waals surface area contributed by atoms with E-state index in [4.69, 9.17) is 28.9 Å². The van der Waals surface area contributed by atoms with E-state index in [2.05, 4.69) is 16.0 Å².